The normalized spacial score (nSPS) is 11.4. The number of amides is 1. The van der Waals surface area contributed by atoms with E-state index in [0.29, 0.717) is 6.61 Å². The van der Waals surface area contributed by atoms with Crippen LogP contribution in [-0.4, -0.2) is 25.8 Å². The summed E-state index contributed by atoms with van der Waals surface area (Å²) in [6.07, 6.45) is 1.66. The fourth-order valence-electron chi connectivity index (χ4n) is 1.05. The van der Waals surface area contributed by atoms with Crippen LogP contribution in [0.25, 0.3) is 0 Å². The highest BCUT2D eigenvalue weighted by Gasteiger charge is 2.18. The molecule has 4 heteroatoms. The van der Waals surface area contributed by atoms with Crippen LogP contribution in [0, 0.1) is 5.41 Å². The zero-order valence-electron chi connectivity index (χ0n) is 9.43. The van der Waals surface area contributed by atoms with E-state index in [1.165, 1.54) is 12.8 Å². The molecule has 0 aliphatic carbocycles. The Balaban J connectivity index is 3.55. The third kappa shape index (κ3) is 7.86. The molecule has 0 fully saturated rings. The Morgan fingerprint density at radius 2 is 2.14 bits per heavy atom. The molecule has 0 aromatic rings. The van der Waals surface area contributed by atoms with E-state index in [9.17, 15) is 4.79 Å². The van der Waals surface area contributed by atoms with Gasteiger partial charge in [0.25, 0.3) is 0 Å². The van der Waals surface area contributed by atoms with Gasteiger partial charge in [-0.15, -0.1) is 0 Å². The first kappa shape index (κ1) is 13.2. The van der Waals surface area contributed by atoms with Crippen molar-refractivity contribution in [2.75, 3.05) is 19.7 Å². The Kier molecular flexibility index (Phi) is 6.28. The molecule has 4 nitrogen and oxygen atoms in total. The quantitative estimate of drug-likeness (QED) is 0.615. The van der Waals surface area contributed by atoms with E-state index >= 15 is 0 Å². The molecule has 3 N–H and O–H groups in total. The lowest BCUT2D eigenvalue weighted by Gasteiger charge is -2.24. The zero-order valence-corrected chi connectivity index (χ0v) is 9.43. The molecule has 0 bridgehead atoms. The summed E-state index contributed by atoms with van der Waals surface area (Å²) in [5.74, 6) is 0. The molecule has 14 heavy (non-hydrogen) atoms. The molecule has 0 aromatic heterocycles. The maximum absolute atomic E-state index is 10.4. The van der Waals surface area contributed by atoms with Crippen molar-refractivity contribution in [3.8, 4) is 0 Å². The summed E-state index contributed by atoms with van der Waals surface area (Å²) < 4.78 is 4.76. The monoisotopic (exact) mass is 202 g/mol. The molecule has 0 aliphatic heterocycles. The third-order valence-corrected chi connectivity index (χ3v) is 1.92. The van der Waals surface area contributed by atoms with Crippen LogP contribution in [0.5, 0.6) is 0 Å². The minimum atomic E-state index is -0.702. The van der Waals surface area contributed by atoms with Crippen molar-refractivity contribution in [2.24, 2.45) is 11.1 Å². The van der Waals surface area contributed by atoms with E-state index in [-0.39, 0.29) is 5.41 Å². The molecule has 0 radical (unpaired) electrons. The number of nitrogens with one attached hydrogen (secondary N) is 1. The number of carbonyl (C=O) groups excluding carboxylic acids is 1. The Morgan fingerprint density at radius 1 is 1.50 bits per heavy atom. The van der Waals surface area contributed by atoms with E-state index in [1.807, 2.05) is 13.8 Å². The molecule has 0 atom stereocenters. The van der Waals surface area contributed by atoms with Crippen LogP contribution in [0.1, 0.15) is 33.6 Å². The number of primary amides is 1. The summed E-state index contributed by atoms with van der Waals surface area (Å²) in [5.41, 5.74) is 4.84. The van der Waals surface area contributed by atoms with Crippen molar-refractivity contribution < 1.29 is 9.53 Å². The number of hydrogen-bond acceptors (Lipinski definition) is 3. The topological polar surface area (TPSA) is 64.3 Å². The van der Waals surface area contributed by atoms with Gasteiger partial charge in [-0.05, 0) is 13.0 Å². The van der Waals surface area contributed by atoms with Gasteiger partial charge in [0, 0.05) is 12.0 Å². The highest BCUT2D eigenvalue weighted by molar-refractivity contribution is 5.64. The maximum Gasteiger partial charge on any atom is 0.404 e. The van der Waals surface area contributed by atoms with Crippen molar-refractivity contribution in [2.45, 2.75) is 33.6 Å². The van der Waals surface area contributed by atoms with Gasteiger partial charge in [0.2, 0.25) is 0 Å². The number of unbranched alkanes of at least 4 members (excludes halogenated alkanes) is 1. The van der Waals surface area contributed by atoms with Crippen LogP contribution < -0.4 is 11.1 Å². The van der Waals surface area contributed by atoms with E-state index in [0.717, 1.165) is 13.1 Å². The van der Waals surface area contributed by atoms with Gasteiger partial charge in [0.1, 0.15) is 0 Å². The maximum atomic E-state index is 10.4. The fraction of sp³-hybridized carbons (Fsp3) is 0.900. The smallest absolute Gasteiger partial charge is 0.404 e. The van der Waals surface area contributed by atoms with Gasteiger partial charge in [0.15, 0.2) is 0 Å². The van der Waals surface area contributed by atoms with E-state index in [1.54, 1.807) is 0 Å². The van der Waals surface area contributed by atoms with E-state index < -0.39 is 6.09 Å². The summed E-state index contributed by atoms with van der Waals surface area (Å²) in [4.78, 5) is 10.4. The standard InChI is InChI=1S/C10H22N2O2/c1-4-5-6-12-7-10(2,3)8-14-9(11)13/h12H,4-8H2,1-3H3,(H2,11,13). The number of hydrogen-bond donors (Lipinski definition) is 2. The van der Waals surface area contributed by atoms with Gasteiger partial charge in [0.05, 0.1) is 6.61 Å². The lowest BCUT2D eigenvalue weighted by atomic mass is 9.95. The molecule has 0 rings (SSSR count). The first-order valence-corrected chi connectivity index (χ1v) is 5.11. The minimum absolute atomic E-state index is 0.0528. The van der Waals surface area contributed by atoms with Crippen LogP contribution >= 0.6 is 0 Å². The van der Waals surface area contributed by atoms with Gasteiger partial charge in [-0.2, -0.15) is 0 Å². The van der Waals surface area contributed by atoms with Crippen LogP contribution in [0.3, 0.4) is 0 Å². The molecule has 0 aromatic carbocycles. The van der Waals surface area contributed by atoms with Gasteiger partial charge < -0.3 is 15.8 Å². The predicted octanol–water partition coefficient (Wildman–Crippen LogP) is 1.50. The molecule has 84 valence electrons. The number of carbonyl (C=O) groups is 1. The van der Waals surface area contributed by atoms with E-state index in [4.69, 9.17) is 10.5 Å². The van der Waals surface area contributed by atoms with Crippen molar-refractivity contribution in [3.05, 3.63) is 0 Å². The number of rotatable bonds is 7. The van der Waals surface area contributed by atoms with Gasteiger partial charge >= 0.3 is 6.09 Å². The molecule has 0 aliphatic rings. The predicted molar refractivity (Wildman–Crippen MR) is 57.1 cm³/mol. The number of ether oxygens (including phenoxy) is 1. The number of nitrogens with two attached hydrogens (primary N) is 1. The molecular formula is C10H22N2O2. The first-order chi connectivity index (χ1) is 6.48. The summed E-state index contributed by atoms with van der Waals surface area (Å²) in [6, 6.07) is 0. The van der Waals surface area contributed by atoms with Crippen molar-refractivity contribution >= 4 is 6.09 Å². The molecule has 1 amide bonds. The Labute approximate surface area is 86.2 Å². The van der Waals surface area contributed by atoms with Gasteiger partial charge in [-0.25, -0.2) is 4.79 Å². The highest BCUT2D eigenvalue weighted by atomic mass is 16.5. The zero-order chi connectivity index (χ0) is 11.0. The third-order valence-electron chi connectivity index (χ3n) is 1.92. The molecule has 0 saturated carbocycles. The molecule has 0 heterocycles. The second-order valence-corrected chi connectivity index (χ2v) is 4.30. The molecule has 0 unspecified atom stereocenters. The van der Waals surface area contributed by atoms with E-state index in [2.05, 4.69) is 12.2 Å². The van der Waals surface area contributed by atoms with Gasteiger partial charge in [-0.1, -0.05) is 27.2 Å². The lowest BCUT2D eigenvalue weighted by molar-refractivity contribution is 0.106. The second-order valence-electron chi connectivity index (χ2n) is 4.30. The van der Waals surface area contributed by atoms with Crippen molar-refractivity contribution in [1.82, 2.24) is 5.32 Å². The van der Waals surface area contributed by atoms with Crippen LogP contribution in [0.15, 0.2) is 0 Å². The average Bonchev–Trinajstić information content (AvgIpc) is 2.10. The molecule has 0 saturated heterocycles. The van der Waals surface area contributed by atoms with Crippen molar-refractivity contribution in [3.63, 3.8) is 0 Å². The highest BCUT2D eigenvalue weighted by Crippen LogP contribution is 2.13. The SMILES string of the molecule is CCCCNCC(C)(C)COC(N)=O. The summed E-state index contributed by atoms with van der Waals surface area (Å²) in [6.45, 7) is 8.44. The van der Waals surface area contributed by atoms with Gasteiger partial charge in [-0.3, -0.25) is 0 Å². The van der Waals surface area contributed by atoms with Crippen LogP contribution in [0.2, 0.25) is 0 Å². The Bertz CT molecular complexity index is 170. The first-order valence-electron chi connectivity index (χ1n) is 5.11. The summed E-state index contributed by atoms with van der Waals surface area (Å²) in [5, 5.41) is 3.32. The fourth-order valence-corrected chi connectivity index (χ4v) is 1.05. The van der Waals surface area contributed by atoms with Crippen molar-refractivity contribution in [1.29, 1.82) is 0 Å². The molecule has 0 spiro atoms. The van der Waals surface area contributed by atoms with Crippen LogP contribution in [-0.2, 0) is 4.74 Å². The largest absolute Gasteiger partial charge is 0.449 e. The molecular weight excluding hydrogens is 180 g/mol. The Hall–Kier alpha value is -0.770. The Morgan fingerprint density at radius 3 is 2.64 bits per heavy atom. The average molecular weight is 202 g/mol. The van der Waals surface area contributed by atoms with Crippen LogP contribution in [0.4, 0.5) is 4.79 Å². The summed E-state index contributed by atoms with van der Waals surface area (Å²) in [7, 11) is 0. The second kappa shape index (κ2) is 6.65. The summed E-state index contributed by atoms with van der Waals surface area (Å²) >= 11 is 0. The minimum Gasteiger partial charge on any atom is -0.449 e. The lowest BCUT2D eigenvalue weighted by Crippen LogP contribution is -2.35.